The quantitative estimate of drug-likeness (QED) is 0.740. The van der Waals surface area contributed by atoms with Crippen LogP contribution in [0.2, 0.25) is 0 Å². The highest BCUT2D eigenvalue weighted by atomic mass is 16.1. The Balaban J connectivity index is 2.09. The average Bonchev–Trinajstić information content (AvgIpc) is 2.55. The van der Waals surface area contributed by atoms with Crippen LogP contribution in [-0.2, 0) is 11.2 Å². The summed E-state index contributed by atoms with van der Waals surface area (Å²) in [6.07, 6.45) is 2.93. The van der Waals surface area contributed by atoms with Crippen LogP contribution in [0.3, 0.4) is 0 Å². The Bertz CT molecular complexity index is 406. The van der Waals surface area contributed by atoms with Crippen molar-refractivity contribution in [1.82, 2.24) is 0 Å². The summed E-state index contributed by atoms with van der Waals surface area (Å²) in [4.78, 5) is 11.5. The van der Waals surface area contributed by atoms with Crippen LogP contribution in [0.25, 0.3) is 0 Å². The predicted octanol–water partition coefficient (Wildman–Crippen LogP) is 3.46. The van der Waals surface area contributed by atoms with Gasteiger partial charge in [-0.2, -0.15) is 0 Å². The average molecular weight is 216 g/mol. The van der Waals surface area contributed by atoms with Crippen molar-refractivity contribution in [3.05, 3.63) is 34.9 Å². The van der Waals surface area contributed by atoms with Crippen LogP contribution in [0.4, 0.5) is 0 Å². The second-order valence-electron chi connectivity index (χ2n) is 5.18. The van der Waals surface area contributed by atoms with Crippen LogP contribution in [0.5, 0.6) is 0 Å². The molecule has 0 aromatic heterocycles. The lowest BCUT2D eigenvalue weighted by Crippen LogP contribution is -2.12. The first-order valence-electron chi connectivity index (χ1n) is 6.17. The molecule has 1 aromatic rings. The van der Waals surface area contributed by atoms with Crippen molar-refractivity contribution < 1.29 is 4.79 Å². The van der Waals surface area contributed by atoms with Gasteiger partial charge in [-0.1, -0.05) is 25.1 Å². The van der Waals surface area contributed by atoms with E-state index in [0.29, 0.717) is 11.7 Å². The van der Waals surface area contributed by atoms with Gasteiger partial charge >= 0.3 is 0 Å². The molecule has 1 aliphatic carbocycles. The summed E-state index contributed by atoms with van der Waals surface area (Å²) in [6.45, 7) is 6.38. The van der Waals surface area contributed by atoms with Gasteiger partial charge in [-0.25, -0.2) is 0 Å². The van der Waals surface area contributed by atoms with Crippen molar-refractivity contribution in [2.45, 2.75) is 40.0 Å². The van der Waals surface area contributed by atoms with E-state index in [4.69, 9.17) is 0 Å². The predicted molar refractivity (Wildman–Crippen MR) is 66.5 cm³/mol. The first-order valence-corrected chi connectivity index (χ1v) is 6.17. The Morgan fingerprint density at radius 2 is 2.00 bits per heavy atom. The zero-order valence-corrected chi connectivity index (χ0v) is 10.4. The normalized spacial score (nSPS) is 25.1. The third kappa shape index (κ3) is 2.18. The van der Waals surface area contributed by atoms with E-state index in [0.717, 1.165) is 19.3 Å². The monoisotopic (exact) mass is 216 g/mol. The van der Waals surface area contributed by atoms with Gasteiger partial charge in [0.1, 0.15) is 5.78 Å². The Morgan fingerprint density at radius 3 is 2.56 bits per heavy atom. The molecule has 0 amide bonds. The van der Waals surface area contributed by atoms with Gasteiger partial charge in [-0.15, -0.1) is 0 Å². The molecule has 1 aromatic carbocycles. The Kier molecular flexibility index (Phi) is 3.13. The fraction of sp³-hybridized carbons (Fsp3) is 0.533. The number of Topliss-reactive ketones (excluding diaryl/α,β-unsaturated/α-hetero) is 1. The lowest BCUT2D eigenvalue weighted by atomic mass is 9.90. The van der Waals surface area contributed by atoms with E-state index in [-0.39, 0.29) is 5.92 Å². The summed E-state index contributed by atoms with van der Waals surface area (Å²) in [5, 5.41) is 0. The van der Waals surface area contributed by atoms with Gasteiger partial charge in [0.15, 0.2) is 0 Å². The fourth-order valence-corrected chi connectivity index (χ4v) is 2.58. The van der Waals surface area contributed by atoms with E-state index < -0.39 is 0 Å². The molecule has 1 heteroatoms. The number of rotatable bonds is 2. The molecule has 2 atom stereocenters. The molecule has 1 nitrogen and oxygen atoms in total. The smallest absolute Gasteiger partial charge is 0.135 e. The third-order valence-corrected chi connectivity index (χ3v) is 4.05. The van der Waals surface area contributed by atoms with Crippen molar-refractivity contribution >= 4 is 5.78 Å². The number of benzene rings is 1. The first-order chi connectivity index (χ1) is 7.58. The van der Waals surface area contributed by atoms with E-state index in [1.54, 1.807) is 0 Å². The SMILES string of the molecule is Cc1ccc(CC2CCC(=O)C2C)cc1C. The van der Waals surface area contributed by atoms with E-state index in [2.05, 4.69) is 39.0 Å². The number of hydrogen-bond donors (Lipinski definition) is 0. The standard InChI is InChI=1S/C15H20O/c1-10-4-5-13(8-11(10)2)9-14-6-7-15(16)12(14)3/h4-5,8,12,14H,6-7,9H2,1-3H3. The van der Waals surface area contributed by atoms with Gasteiger partial charge in [0.2, 0.25) is 0 Å². The number of carbonyl (C=O) groups is 1. The third-order valence-electron chi connectivity index (χ3n) is 4.05. The molecule has 0 heterocycles. The van der Waals surface area contributed by atoms with Gasteiger partial charge in [0, 0.05) is 12.3 Å². The van der Waals surface area contributed by atoms with Gasteiger partial charge in [0.25, 0.3) is 0 Å². The van der Waals surface area contributed by atoms with Crippen LogP contribution in [-0.4, -0.2) is 5.78 Å². The minimum absolute atomic E-state index is 0.265. The van der Waals surface area contributed by atoms with Gasteiger partial charge < -0.3 is 0 Å². The maximum Gasteiger partial charge on any atom is 0.135 e. The molecule has 2 rings (SSSR count). The maximum absolute atomic E-state index is 11.5. The highest BCUT2D eigenvalue weighted by Gasteiger charge is 2.30. The molecule has 0 aliphatic heterocycles. The molecule has 86 valence electrons. The maximum atomic E-state index is 11.5. The number of aryl methyl sites for hydroxylation is 2. The summed E-state index contributed by atoms with van der Waals surface area (Å²) in [7, 11) is 0. The molecular weight excluding hydrogens is 196 g/mol. The molecule has 0 radical (unpaired) electrons. The second kappa shape index (κ2) is 4.40. The molecule has 1 aliphatic rings. The van der Waals surface area contributed by atoms with E-state index in [9.17, 15) is 4.79 Å². The number of carbonyl (C=O) groups excluding carboxylic acids is 1. The Labute approximate surface area is 97.9 Å². The van der Waals surface area contributed by atoms with Crippen molar-refractivity contribution in [3.63, 3.8) is 0 Å². The first kappa shape index (κ1) is 11.4. The van der Waals surface area contributed by atoms with E-state index >= 15 is 0 Å². The minimum Gasteiger partial charge on any atom is -0.299 e. The molecule has 2 unspecified atom stereocenters. The van der Waals surface area contributed by atoms with Crippen LogP contribution in [0.1, 0.15) is 36.5 Å². The minimum atomic E-state index is 0.265. The Hall–Kier alpha value is -1.11. The Morgan fingerprint density at radius 1 is 1.25 bits per heavy atom. The molecule has 0 saturated heterocycles. The van der Waals surface area contributed by atoms with Crippen molar-refractivity contribution in [2.75, 3.05) is 0 Å². The number of ketones is 1. The van der Waals surface area contributed by atoms with E-state index in [1.807, 2.05) is 0 Å². The van der Waals surface area contributed by atoms with Gasteiger partial charge in [0.05, 0.1) is 0 Å². The van der Waals surface area contributed by atoms with E-state index in [1.165, 1.54) is 16.7 Å². The lowest BCUT2D eigenvalue weighted by molar-refractivity contribution is -0.120. The van der Waals surface area contributed by atoms with Crippen LogP contribution in [0, 0.1) is 25.7 Å². The molecule has 0 N–H and O–H groups in total. The topological polar surface area (TPSA) is 17.1 Å². The lowest BCUT2D eigenvalue weighted by Gasteiger charge is -2.14. The van der Waals surface area contributed by atoms with Gasteiger partial charge in [-0.05, 0) is 49.3 Å². The van der Waals surface area contributed by atoms with Crippen molar-refractivity contribution in [1.29, 1.82) is 0 Å². The van der Waals surface area contributed by atoms with Crippen LogP contribution in [0.15, 0.2) is 18.2 Å². The van der Waals surface area contributed by atoms with Gasteiger partial charge in [-0.3, -0.25) is 4.79 Å². The summed E-state index contributed by atoms with van der Waals surface area (Å²) < 4.78 is 0. The summed E-state index contributed by atoms with van der Waals surface area (Å²) in [5.41, 5.74) is 4.09. The molecular formula is C15H20O. The number of hydrogen-bond acceptors (Lipinski definition) is 1. The summed E-state index contributed by atoms with van der Waals surface area (Å²) in [5.74, 6) is 1.28. The molecule has 1 saturated carbocycles. The molecule has 0 spiro atoms. The molecule has 1 fully saturated rings. The van der Waals surface area contributed by atoms with Crippen LogP contribution >= 0.6 is 0 Å². The van der Waals surface area contributed by atoms with Crippen LogP contribution < -0.4 is 0 Å². The summed E-state index contributed by atoms with van der Waals surface area (Å²) >= 11 is 0. The van der Waals surface area contributed by atoms with Crippen molar-refractivity contribution in [2.24, 2.45) is 11.8 Å². The fourth-order valence-electron chi connectivity index (χ4n) is 2.58. The molecule has 16 heavy (non-hydrogen) atoms. The zero-order valence-electron chi connectivity index (χ0n) is 10.4. The highest BCUT2D eigenvalue weighted by molar-refractivity contribution is 5.83. The van der Waals surface area contributed by atoms with Crippen molar-refractivity contribution in [3.8, 4) is 0 Å². The summed E-state index contributed by atoms with van der Waals surface area (Å²) in [6, 6.07) is 6.66. The highest BCUT2D eigenvalue weighted by Crippen LogP contribution is 2.31. The second-order valence-corrected chi connectivity index (χ2v) is 5.18. The largest absolute Gasteiger partial charge is 0.299 e. The molecule has 0 bridgehead atoms. The zero-order chi connectivity index (χ0) is 11.7.